The molecule has 0 N–H and O–H groups in total. The SMILES string of the molecule is O=C(Cn1cnc(-c2ccc(Cl)cc2)cc1=O)N1CCN(C(c2ccccc2)c2ccccc2)CC1. The Morgan fingerprint density at radius 3 is 1.97 bits per heavy atom. The van der Waals surface area contributed by atoms with E-state index in [0.717, 1.165) is 18.7 Å². The first-order valence-electron chi connectivity index (χ1n) is 12.0. The maximum absolute atomic E-state index is 13.0. The van der Waals surface area contributed by atoms with E-state index in [4.69, 9.17) is 11.6 Å². The molecule has 0 atom stereocenters. The van der Waals surface area contributed by atoms with E-state index < -0.39 is 0 Å². The van der Waals surface area contributed by atoms with E-state index in [1.165, 1.54) is 28.1 Å². The zero-order valence-electron chi connectivity index (χ0n) is 19.8. The summed E-state index contributed by atoms with van der Waals surface area (Å²) in [6.07, 6.45) is 1.45. The molecule has 0 bridgehead atoms. The molecule has 7 heteroatoms. The second-order valence-electron chi connectivity index (χ2n) is 8.89. The number of carbonyl (C=O) groups excluding carboxylic acids is 1. The topological polar surface area (TPSA) is 58.4 Å². The fraction of sp³-hybridized carbons (Fsp3) is 0.207. The number of halogens is 1. The van der Waals surface area contributed by atoms with Crippen molar-refractivity contribution >= 4 is 17.5 Å². The van der Waals surface area contributed by atoms with Crippen molar-refractivity contribution in [3.05, 3.63) is 124 Å². The first-order valence-corrected chi connectivity index (χ1v) is 12.4. The highest BCUT2D eigenvalue weighted by Crippen LogP contribution is 2.29. The Balaban J connectivity index is 1.25. The van der Waals surface area contributed by atoms with Crippen LogP contribution in [0.25, 0.3) is 11.3 Å². The molecule has 1 fully saturated rings. The van der Waals surface area contributed by atoms with Gasteiger partial charge in [0.2, 0.25) is 5.91 Å². The zero-order valence-corrected chi connectivity index (χ0v) is 20.6. The summed E-state index contributed by atoms with van der Waals surface area (Å²) in [7, 11) is 0. The van der Waals surface area contributed by atoms with Crippen LogP contribution in [0, 0.1) is 0 Å². The van der Waals surface area contributed by atoms with E-state index in [1.807, 2.05) is 29.2 Å². The van der Waals surface area contributed by atoms with E-state index in [1.54, 1.807) is 12.1 Å². The molecule has 0 aliphatic carbocycles. The summed E-state index contributed by atoms with van der Waals surface area (Å²) in [5, 5.41) is 0.622. The summed E-state index contributed by atoms with van der Waals surface area (Å²) >= 11 is 5.94. The molecule has 0 spiro atoms. The third kappa shape index (κ3) is 5.40. The van der Waals surface area contributed by atoms with Gasteiger partial charge >= 0.3 is 0 Å². The van der Waals surface area contributed by atoms with Gasteiger partial charge in [-0.1, -0.05) is 84.4 Å². The van der Waals surface area contributed by atoms with Crippen molar-refractivity contribution < 1.29 is 4.79 Å². The minimum atomic E-state index is -0.254. The summed E-state index contributed by atoms with van der Waals surface area (Å²) in [6, 6.07) is 29.7. The van der Waals surface area contributed by atoms with Crippen LogP contribution in [-0.4, -0.2) is 51.4 Å². The number of benzene rings is 3. The number of carbonyl (C=O) groups is 1. The molecule has 1 saturated heterocycles. The molecule has 182 valence electrons. The van der Waals surface area contributed by atoms with E-state index >= 15 is 0 Å². The molecule has 0 saturated carbocycles. The molecule has 4 aromatic rings. The molecule has 3 aromatic carbocycles. The van der Waals surface area contributed by atoms with Gasteiger partial charge in [-0.25, -0.2) is 4.98 Å². The van der Waals surface area contributed by atoms with Gasteiger partial charge in [0.15, 0.2) is 0 Å². The molecule has 1 amide bonds. The highest BCUT2D eigenvalue weighted by molar-refractivity contribution is 6.30. The molecule has 6 nitrogen and oxygen atoms in total. The van der Waals surface area contributed by atoms with Gasteiger partial charge in [0, 0.05) is 42.8 Å². The summed E-state index contributed by atoms with van der Waals surface area (Å²) in [5.74, 6) is -0.0752. The van der Waals surface area contributed by atoms with Gasteiger partial charge in [-0.05, 0) is 23.3 Å². The second kappa shape index (κ2) is 10.9. The number of piperazine rings is 1. The van der Waals surface area contributed by atoms with Gasteiger partial charge in [-0.2, -0.15) is 0 Å². The van der Waals surface area contributed by atoms with E-state index in [9.17, 15) is 9.59 Å². The molecule has 5 rings (SSSR count). The molecule has 0 unspecified atom stereocenters. The lowest BCUT2D eigenvalue weighted by molar-refractivity contribution is -0.133. The number of amides is 1. The summed E-state index contributed by atoms with van der Waals surface area (Å²) in [5.41, 5.74) is 3.58. The predicted molar refractivity (Wildman–Crippen MR) is 142 cm³/mol. The Bertz CT molecular complexity index is 1330. The Labute approximate surface area is 215 Å². The maximum atomic E-state index is 13.0. The lowest BCUT2D eigenvalue weighted by Crippen LogP contribution is -2.51. The van der Waals surface area contributed by atoms with Crippen LogP contribution >= 0.6 is 11.6 Å². The van der Waals surface area contributed by atoms with Gasteiger partial charge in [0.1, 0.15) is 6.54 Å². The van der Waals surface area contributed by atoms with E-state index in [0.29, 0.717) is 23.8 Å². The van der Waals surface area contributed by atoms with Crippen LogP contribution in [0.4, 0.5) is 0 Å². The molecule has 1 aromatic heterocycles. The van der Waals surface area contributed by atoms with Gasteiger partial charge in [-0.15, -0.1) is 0 Å². The number of nitrogens with zero attached hydrogens (tertiary/aromatic N) is 4. The fourth-order valence-electron chi connectivity index (χ4n) is 4.68. The van der Waals surface area contributed by atoms with Crippen LogP contribution in [-0.2, 0) is 11.3 Å². The Kier molecular flexibility index (Phi) is 7.26. The molecule has 1 aliphatic heterocycles. The van der Waals surface area contributed by atoms with Crippen molar-refractivity contribution in [2.24, 2.45) is 0 Å². The minimum Gasteiger partial charge on any atom is -0.339 e. The Morgan fingerprint density at radius 2 is 1.42 bits per heavy atom. The van der Waals surface area contributed by atoms with Crippen LogP contribution in [0.5, 0.6) is 0 Å². The van der Waals surface area contributed by atoms with Crippen LogP contribution in [0.15, 0.2) is 102 Å². The number of hydrogen-bond donors (Lipinski definition) is 0. The van der Waals surface area contributed by atoms with E-state index in [-0.39, 0.29) is 24.1 Å². The van der Waals surface area contributed by atoms with Crippen molar-refractivity contribution in [3.63, 3.8) is 0 Å². The number of rotatable bonds is 6. The van der Waals surface area contributed by atoms with Crippen LogP contribution in [0.2, 0.25) is 5.02 Å². The normalized spacial score (nSPS) is 14.2. The predicted octanol–water partition coefficient (Wildman–Crippen LogP) is 4.50. The molecular formula is C29H27ClN4O2. The monoisotopic (exact) mass is 498 g/mol. The van der Waals surface area contributed by atoms with E-state index in [2.05, 4.69) is 58.4 Å². The quantitative estimate of drug-likeness (QED) is 0.393. The largest absolute Gasteiger partial charge is 0.339 e. The van der Waals surface area contributed by atoms with Crippen molar-refractivity contribution in [1.82, 2.24) is 19.4 Å². The molecular weight excluding hydrogens is 472 g/mol. The number of hydrogen-bond acceptors (Lipinski definition) is 4. The van der Waals surface area contributed by atoms with Gasteiger partial charge in [-0.3, -0.25) is 19.1 Å². The van der Waals surface area contributed by atoms with Crippen molar-refractivity contribution in [3.8, 4) is 11.3 Å². The van der Waals surface area contributed by atoms with Crippen LogP contribution in [0.1, 0.15) is 17.2 Å². The Morgan fingerprint density at radius 1 is 0.833 bits per heavy atom. The molecule has 1 aliphatic rings. The van der Waals surface area contributed by atoms with Crippen molar-refractivity contribution in [2.45, 2.75) is 12.6 Å². The average Bonchev–Trinajstić information content (AvgIpc) is 2.92. The smallest absolute Gasteiger partial charge is 0.254 e. The molecule has 36 heavy (non-hydrogen) atoms. The highest BCUT2D eigenvalue weighted by Gasteiger charge is 2.28. The fourth-order valence-corrected chi connectivity index (χ4v) is 4.81. The first-order chi connectivity index (χ1) is 17.6. The molecule has 2 heterocycles. The summed E-state index contributed by atoms with van der Waals surface area (Å²) in [4.78, 5) is 34.3. The van der Waals surface area contributed by atoms with Gasteiger partial charge in [0.25, 0.3) is 5.56 Å². The number of aromatic nitrogens is 2. The van der Waals surface area contributed by atoms with Crippen molar-refractivity contribution in [2.75, 3.05) is 26.2 Å². The maximum Gasteiger partial charge on any atom is 0.254 e. The standard InChI is InChI=1S/C29H27ClN4O2/c30-25-13-11-22(12-14-25)26-19-27(35)34(21-31-26)20-28(36)32-15-17-33(18-16-32)29(23-7-3-1-4-8-23)24-9-5-2-6-10-24/h1-14,19,21,29H,15-18,20H2. The Hall–Kier alpha value is -3.74. The van der Waals surface area contributed by atoms with Crippen molar-refractivity contribution in [1.29, 1.82) is 0 Å². The summed E-state index contributed by atoms with van der Waals surface area (Å²) < 4.78 is 1.37. The van der Waals surface area contributed by atoms with Gasteiger partial charge < -0.3 is 4.90 Å². The van der Waals surface area contributed by atoms with Gasteiger partial charge in [0.05, 0.1) is 18.1 Å². The zero-order chi connectivity index (χ0) is 24.9. The highest BCUT2D eigenvalue weighted by atomic mass is 35.5. The lowest BCUT2D eigenvalue weighted by atomic mass is 9.96. The summed E-state index contributed by atoms with van der Waals surface area (Å²) in [6.45, 7) is 2.71. The lowest BCUT2D eigenvalue weighted by Gasteiger charge is -2.39. The third-order valence-electron chi connectivity index (χ3n) is 6.59. The average molecular weight is 499 g/mol. The first kappa shape index (κ1) is 24.0. The van der Waals surface area contributed by atoms with Crippen LogP contribution in [0.3, 0.4) is 0 Å². The second-order valence-corrected chi connectivity index (χ2v) is 9.32. The van der Waals surface area contributed by atoms with Crippen LogP contribution < -0.4 is 5.56 Å². The third-order valence-corrected chi connectivity index (χ3v) is 6.84. The minimum absolute atomic E-state index is 0.0203. The molecule has 0 radical (unpaired) electrons.